The number of nitrogens with zero attached hydrogens (tertiary/aromatic N) is 2. The lowest BCUT2D eigenvalue weighted by molar-refractivity contribution is 0.0950. The van der Waals surface area contributed by atoms with Crippen LogP contribution in [0.5, 0.6) is 11.5 Å². The Bertz CT molecular complexity index is 952. The molecule has 6 nitrogen and oxygen atoms in total. The van der Waals surface area contributed by atoms with Gasteiger partial charge in [0, 0.05) is 10.4 Å². The van der Waals surface area contributed by atoms with Gasteiger partial charge >= 0.3 is 0 Å². The molecule has 0 saturated carbocycles. The highest BCUT2D eigenvalue weighted by Gasteiger charge is 2.15. The summed E-state index contributed by atoms with van der Waals surface area (Å²) in [4.78, 5) is 17.6. The van der Waals surface area contributed by atoms with Gasteiger partial charge in [0.05, 0.1) is 13.3 Å². The SMILES string of the molecule is COc1ccc(/C=N\NC(=O)c2nc(-c3ccccc3)sc2C)cc1O. The number of carbonyl (C=O) groups is 1. The topological polar surface area (TPSA) is 83.8 Å². The fourth-order valence-corrected chi connectivity index (χ4v) is 3.23. The Hall–Kier alpha value is -3.19. The molecule has 7 heteroatoms. The number of aryl methyl sites for hydroxylation is 1. The summed E-state index contributed by atoms with van der Waals surface area (Å²) in [6.45, 7) is 1.85. The van der Waals surface area contributed by atoms with Gasteiger partial charge in [-0.2, -0.15) is 5.10 Å². The average Bonchev–Trinajstić information content (AvgIpc) is 3.04. The zero-order valence-electron chi connectivity index (χ0n) is 14.3. The van der Waals surface area contributed by atoms with Crippen molar-refractivity contribution in [3.05, 3.63) is 64.7 Å². The molecular weight excluding hydrogens is 350 g/mol. The van der Waals surface area contributed by atoms with Gasteiger partial charge in [-0.05, 0) is 30.7 Å². The van der Waals surface area contributed by atoms with Gasteiger partial charge in [0.15, 0.2) is 11.5 Å². The highest BCUT2D eigenvalue weighted by atomic mass is 32.1. The van der Waals surface area contributed by atoms with E-state index in [1.807, 2.05) is 37.3 Å². The number of methoxy groups -OCH3 is 1. The molecule has 3 rings (SSSR count). The molecule has 0 saturated heterocycles. The van der Waals surface area contributed by atoms with Crippen LogP contribution in [-0.4, -0.2) is 29.3 Å². The minimum Gasteiger partial charge on any atom is -0.504 e. The minimum absolute atomic E-state index is 0.00521. The van der Waals surface area contributed by atoms with E-state index in [4.69, 9.17) is 4.74 Å². The summed E-state index contributed by atoms with van der Waals surface area (Å²) >= 11 is 1.46. The molecule has 0 radical (unpaired) electrons. The summed E-state index contributed by atoms with van der Waals surface area (Å²) in [5, 5.41) is 14.5. The van der Waals surface area contributed by atoms with Crippen molar-refractivity contribution in [3.8, 4) is 22.1 Å². The van der Waals surface area contributed by atoms with Crippen LogP contribution in [0.15, 0.2) is 53.6 Å². The maximum Gasteiger partial charge on any atom is 0.291 e. The molecule has 26 heavy (non-hydrogen) atoms. The number of aromatic hydroxyl groups is 1. The van der Waals surface area contributed by atoms with Crippen molar-refractivity contribution in [2.75, 3.05) is 7.11 Å². The van der Waals surface area contributed by atoms with E-state index in [0.717, 1.165) is 15.4 Å². The van der Waals surface area contributed by atoms with Crippen LogP contribution in [0.3, 0.4) is 0 Å². The molecule has 1 aromatic heterocycles. The number of rotatable bonds is 5. The van der Waals surface area contributed by atoms with E-state index < -0.39 is 0 Å². The van der Waals surface area contributed by atoms with Crippen molar-refractivity contribution in [1.82, 2.24) is 10.4 Å². The van der Waals surface area contributed by atoms with E-state index in [2.05, 4.69) is 15.5 Å². The van der Waals surface area contributed by atoms with Crippen molar-refractivity contribution in [2.45, 2.75) is 6.92 Å². The predicted molar refractivity (Wildman–Crippen MR) is 102 cm³/mol. The molecule has 132 valence electrons. The van der Waals surface area contributed by atoms with Crippen molar-refractivity contribution in [3.63, 3.8) is 0 Å². The van der Waals surface area contributed by atoms with E-state index in [-0.39, 0.29) is 11.7 Å². The fraction of sp³-hybridized carbons (Fsp3) is 0.105. The number of phenolic OH excluding ortho intramolecular Hbond substituents is 1. The first-order chi connectivity index (χ1) is 12.6. The molecule has 2 aromatic carbocycles. The molecule has 0 aliphatic rings. The molecule has 0 spiro atoms. The van der Waals surface area contributed by atoms with E-state index in [1.165, 1.54) is 30.7 Å². The van der Waals surface area contributed by atoms with E-state index in [9.17, 15) is 9.90 Å². The summed E-state index contributed by atoms with van der Waals surface area (Å²) in [6, 6.07) is 14.5. The first kappa shape index (κ1) is 17.6. The monoisotopic (exact) mass is 367 g/mol. The standard InChI is InChI=1S/C19H17N3O3S/c1-12-17(21-19(26-12)14-6-4-3-5-7-14)18(24)22-20-11-13-8-9-16(25-2)15(23)10-13/h3-11,23H,1-2H3,(H,22,24)/b20-11-. The van der Waals surface area contributed by atoms with E-state index >= 15 is 0 Å². The Labute approximate surface area is 154 Å². The molecule has 0 bridgehead atoms. The molecule has 1 heterocycles. The van der Waals surface area contributed by atoms with Crippen LogP contribution >= 0.6 is 11.3 Å². The number of nitrogens with one attached hydrogen (secondary N) is 1. The lowest BCUT2D eigenvalue weighted by Gasteiger charge is -2.03. The number of thiazole rings is 1. The second-order valence-electron chi connectivity index (χ2n) is 5.42. The molecule has 1 amide bonds. The Morgan fingerprint density at radius 1 is 1.27 bits per heavy atom. The van der Waals surface area contributed by atoms with Crippen LogP contribution in [0.1, 0.15) is 20.9 Å². The Morgan fingerprint density at radius 3 is 2.73 bits per heavy atom. The molecule has 0 fully saturated rings. The summed E-state index contributed by atoms with van der Waals surface area (Å²) in [5.74, 6) is -0.00161. The fourth-order valence-electron chi connectivity index (χ4n) is 2.32. The number of benzene rings is 2. The van der Waals surface area contributed by atoms with Gasteiger partial charge in [0.25, 0.3) is 5.91 Å². The molecule has 0 aliphatic heterocycles. The second kappa shape index (κ2) is 7.79. The Balaban J connectivity index is 1.70. The van der Waals surface area contributed by atoms with Gasteiger partial charge in [-0.1, -0.05) is 30.3 Å². The number of hydrogen-bond acceptors (Lipinski definition) is 6. The highest BCUT2D eigenvalue weighted by Crippen LogP contribution is 2.27. The highest BCUT2D eigenvalue weighted by molar-refractivity contribution is 7.15. The number of ether oxygens (including phenoxy) is 1. The number of aromatic nitrogens is 1. The first-order valence-electron chi connectivity index (χ1n) is 7.81. The molecule has 0 unspecified atom stereocenters. The minimum atomic E-state index is -0.380. The van der Waals surface area contributed by atoms with Gasteiger partial charge in [0.1, 0.15) is 10.7 Å². The van der Waals surface area contributed by atoms with Crippen LogP contribution in [-0.2, 0) is 0 Å². The van der Waals surface area contributed by atoms with Crippen molar-refractivity contribution in [1.29, 1.82) is 0 Å². The Kier molecular flexibility index (Phi) is 5.28. The smallest absolute Gasteiger partial charge is 0.291 e. The number of hydrazone groups is 1. The quantitative estimate of drug-likeness (QED) is 0.533. The summed E-state index contributed by atoms with van der Waals surface area (Å²) in [5.41, 5.74) is 4.41. The van der Waals surface area contributed by atoms with Gasteiger partial charge in [-0.3, -0.25) is 4.79 Å². The van der Waals surface area contributed by atoms with Crippen LogP contribution in [0.4, 0.5) is 0 Å². The largest absolute Gasteiger partial charge is 0.504 e. The normalized spacial score (nSPS) is 10.8. The second-order valence-corrected chi connectivity index (χ2v) is 6.62. The first-order valence-corrected chi connectivity index (χ1v) is 8.63. The zero-order valence-corrected chi connectivity index (χ0v) is 15.1. The predicted octanol–water partition coefficient (Wildman–Crippen LogP) is 3.60. The maximum absolute atomic E-state index is 12.3. The lowest BCUT2D eigenvalue weighted by atomic mass is 10.2. The summed E-state index contributed by atoms with van der Waals surface area (Å²) in [7, 11) is 1.48. The number of phenols is 1. The van der Waals surface area contributed by atoms with Crippen LogP contribution < -0.4 is 10.2 Å². The zero-order chi connectivity index (χ0) is 18.5. The third-order valence-corrected chi connectivity index (χ3v) is 4.63. The maximum atomic E-state index is 12.3. The molecule has 3 aromatic rings. The number of amides is 1. The van der Waals surface area contributed by atoms with E-state index in [1.54, 1.807) is 12.1 Å². The van der Waals surface area contributed by atoms with Gasteiger partial charge < -0.3 is 9.84 Å². The van der Waals surface area contributed by atoms with Crippen LogP contribution in [0.25, 0.3) is 10.6 Å². The lowest BCUT2D eigenvalue weighted by Crippen LogP contribution is -2.18. The molecule has 0 atom stereocenters. The van der Waals surface area contributed by atoms with E-state index in [0.29, 0.717) is 17.0 Å². The average molecular weight is 367 g/mol. The van der Waals surface area contributed by atoms with Crippen LogP contribution in [0.2, 0.25) is 0 Å². The van der Waals surface area contributed by atoms with Crippen molar-refractivity contribution >= 4 is 23.5 Å². The van der Waals surface area contributed by atoms with Gasteiger partial charge in [-0.25, -0.2) is 10.4 Å². The van der Waals surface area contributed by atoms with Gasteiger partial charge in [-0.15, -0.1) is 11.3 Å². The third kappa shape index (κ3) is 3.89. The molecule has 0 aliphatic carbocycles. The summed E-state index contributed by atoms with van der Waals surface area (Å²) in [6.07, 6.45) is 1.44. The number of hydrogen-bond donors (Lipinski definition) is 2. The van der Waals surface area contributed by atoms with Gasteiger partial charge in [0.2, 0.25) is 0 Å². The molecule has 2 N–H and O–H groups in total. The summed E-state index contributed by atoms with van der Waals surface area (Å²) < 4.78 is 4.98. The molecular formula is C19H17N3O3S. The van der Waals surface area contributed by atoms with Crippen LogP contribution in [0, 0.1) is 6.92 Å². The van der Waals surface area contributed by atoms with Crippen molar-refractivity contribution < 1.29 is 14.6 Å². The Morgan fingerprint density at radius 2 is 2.04 bits per heavy atom. The number of carbonyl (C=O) groups excluding carboxylic acids is 1. The van der Waals surface area contributed by atoms with Crippen molar-refractivity contribution in [2.24, 2.45) is 5.10 Å². The third-order valence-electron chi connectivity index (χ3n) is 3.62.